The van der Waals surface area contributed by atoms with E-state index >= 15 is 0 Å². The van der Waals surface area contributed by atoms with Crippen molar-refractivity contribution in [3.8, 4) is 0 Å². The number of carbonyl (C=O) groups is 1. The van der Waals surface area contributed by atoms with Gasteiger partial charge in [-0.05, 0) is 35.4 Å². The third-order valence-corrected chi connectivity index (χ3v) is 3.81. The minimum Gasteiger partial charge on any atom is -0.338 e. The lowest BCUT2D eigenvalue weighted by Gasteiger charge is -2.16. The molecular weight excluding hydrogens is 214 g/mol. The van der Waals surface area contributed by atoms with Crippen molar-refractivity contribution >= 4 is 6.03 Å². The molecular formula is C13H17N3O. The van der Waals surface area contributed by atoms with Crippen LogP contribution in [0.5, 0.6) is 0 Å². The van der Waals surface area contributed by atoms with Crippen molar-refractivity contribution in [3.05, 3.63) is 29.6 Å². The van der Waals surface area contributed by atoms with Crippen molar-refractivity contribution in [1.82, 2.24) is 15.2 Å². The van der Waals surface area contributed by atoms with Gasteiger partial charge in [-0.3, -0.25) is 4.98 Å². The maximum absolute atomic E-state index is 11.9. The molecule has 1 N–H and O–H groups in total. The Morgan fingerprint density at radius 3 is 3.00 bits per heavy atom. The number of carbonyl (C=O) groups excluding carboxylic acids is 1. The highest BCUT2D eigenvalue weighted by Gasteiger charge is 2.33. The van der Waals surface area contributed by atoms with Crippen molar-refractivity contribution in [2.75, 3.05) is 6.54 Å². The summed E-state index contributed by atoms with van der Waals surface area (Å²) in [6, 6.07) is 2.05. The van der Waals surface area contributed by atoms with Crippen LogP contribution in [-0.2, 0) is 13.1 Å². The van der Waals surface area contributed by atoms with Crippen molar-refractivity contribution in [3.63, 3.8) is 0 Å². The largest absolute Gasteiger partial charge is 0.338 e. The number of fused-ring (bicyclic) bond motifs is 1. The van der Waals surface area contributed by atoms with Gasteiger partial charge in [-0.1, -0.05) is 6.92 Å². The van der Waals surface area contributed by atoms with Crippen molar-refractivity contribution < 1.29 is 4.79 Å². The molecule has 4 nitrogen and oxygen atoms in total. The van der Waals surface area contributed by atoms with Crippen LogP contribution in [0.2, 0.25) is 0 Å². The first-order valence-corrected chi connectivity index (χ1v) is 6.18. The van der Waals surface area contributed by atoms with Gasteiger partial charge in [0.15, 0.2) is 0 Å². The summed E-state index contributed by atoms with van der Waals surface area (Å²) in [4.78, 5) is 17.9. The van der Waals surface area contributed by atoms with Gasteiger partial charge in [-0.25, -0.2) is 4.79 Å². The molecule has 2 aliphatic rings. The van der Waals surface area contributed by atoms with E-state index in [1.807, 2.05) is 17.2 Å². The first-order valence-electron chi connectivity index (χ1n) is 6.18. The summed E-state index contributed by atoms with van der Waals surface area (Å²) < 4.78 is 0. The molecule has 2 amide bonds. The Morgan fingerprint density at radius 1 is 1.53 bits per heavy atom. The van der Waals surface area contributed by atoms with Crippen LogP contribution in [0.1, 0.15) is 24.5 Å². The van der Waals surface area contributed by atoms with Crippen molar-refractivity contribution in [2.45, 2.75) is 26.4 Å². The van der Waals surface area contributed by atoms with E-state index in [9.17, 15) is 4.79 Å². The molecule has 0 saturated heterocycles. The maximum atomic E-state index is 11.9. The molecule has 1 aliphatic carbocycles. The lowest BCUT2D eigenvalue weighted by atomic mass is 10.2. The molecule has 3 rings (SSSR count). The molecule has 4 heteroatoms. The molecule has 2 atom stereocenters. The molecule has 17 heavy (non-hydrogen) atoms. The number of nitrogens with zero attached hydrogens (tertiary/aromatic N) is 2. The summed E-state index contributed by atoms with van der Waals surface area (Å²) in [6.45, 7) is 4.46. The molecule has 1 aromatic heterocycles. The Hall–Kier alpha value is -1.58. The molecule has 1 unspecified atom stereocenters. The van der Waals surface area contributed by atoms with Crippen LogP contribution in [0.25, 0.3) is 0 Å². The summed E-state index contributed by atoms with van der Waals surface area (Å²) in [7, 11) is 0. The summed E-state index contributed by atoms with van der Waals surface area (Å²) in [5.74, 6) is 1.49. The van der Waals surface area contributed by atoms with Crippen LogP contribution < -0.4 is 5.32 Å². The normalized spacial score (nSPS) is 25.6. The van der Waals surface area contributed by atoms with Crippen LogP contribution in [-0.4, -0.2) is 22.5 Å². The van der Waals surface area contributed by atoms with Gasteiger partial charge >= 0.3 is 6.03 Å². The zero-order chi connectivity index (χ0) is 11.8. The smallest absolute Gasteiger partial charge is 0.318 e. The Morgan fingerprint density at radius 2 is 2.29 bits per heavy atom. The Kier molecular flexibility index (Phi) is 2.50. The number of nitrogens with one attached hydrogen (secondary N) is 1. The summed E-state index contributed by atoms with van der Waals surface area (Å²) >= 11 is 0. The molecule has 90 valence electrons. The molecule has 0 bridgehead atoms. The minimum atomic E-state index is 0.0558. The fourth-order valence-corrected chi connectivity index (χ4v) is 2.38. The Balaban J connectivity index is 1.55. The van der Waals surface area contributed by atoms with E-state index < -0.39 is 0 Å². The molecule has 2 heterocycles. The zero-order valence-corrected chi connectivity index (χ0v) is 10.0. The summed E-state index contributed by atoms with van der Waals surface area (Å²) in [5.41, 5.74) is 2.39. The van der Waals surface area contributed by atoms with Crippen LogP contribution >= 0.6 is 0 Å². The molecule has 1 aliphatic heterocycles. The summed E-state index contributed by atoms with van der Waals surface area (Å²) in [5, 5.41) is 3.02. The first-order chi connectivity index (χ1) is 8.24. The molecule has 1 aromatic rings. The number of aromatic nitrogens is 1. The Bertz CT molecular complexity index is 421. The van der Waals surface area contributed by atoms with Crippen molar-refractivity contribution in [2.24, 2.45) is 11.8 Å². The molecule has 0 spiro atoms. The molecule has 1 saturated carbocycles. The lowest BCUT2D eigenvalue weighted by Crippen LogP contribution is -2.37. The fraction of sp³-hybridized carbons (Fsp3) is 0.538. The van der Waals surface area contributed by atoms with Gasteiger partial charge in [0.05, 0.1) is 0 Å². The third-order valence-electron chi connectivity index (χ3n) is 3.81. The zero-order valence-electron chi connectivity index (χ0n) is 10.0. The quantitative estimate of drug-likeness (QED) is 0.843. The van der Waals surface area contributed by atoms with Gasteiger partial charge in [-0.15, -0.1) is 0 Å². The van der Waals surface area contributed by atoms with Gasteiger partial charge in [0.25, 0.3) is 0 Å². The van der Waals surface area contributed by atoms with E-state index in [-0.39, 0.29) is 6.03 Å². The van der Waals surface area contributed by atoms with Gasteiger partial charge < -0.3 is 10.2 Å². The SMILES string of the molecule is CC1C[C@@H]1CNC(=O)N1Cc2ccncc2C1. The first kappa shape index (κ1) is 10.6. The van der Waals surface area contributed by atoms with E-state index in [4.69, 9.17) is 0 Å². The van der Waals surface area contributed by atoms with Gasteiger partial charge in [0, 0.05) is 32.0 Å². The average molecular weight is 231 g/mol. The fourth-order valence-electron chi connectivity index (χ4n) is 2.38. The third kappa shape index (κ3) is 2.12. The predicted molar refractivity (Wildman–Crippen MR) is 64.2 cm³/mol. The minimum absolute atomic E-state index is 0.0558. The van der Waals surface area contributed by atoms with Crippen LogP contribution in [0.4, 0.5) is 4.79 Å². The van der Waals surface area contributed by atoms with Gasteiger partial charge in [0.2, 0.25) is 0 Å². The average Bonchev–Trinajstić information content (AvgIpc) is 2.89. The summed E-state index contributed by atoms with van der Waals surface area (Å²) in [6.07, 6.45) is 4.89. The van der Waals surface area contributed by atoms with Crippen LogP contribution in [0, 0.1) is 11.8 Å². The molecule has 0 radical (unpaired) electrons. The topological polar surface area (TPSA) is 45.2 Å². The second kappa shape index (κ2) is 4.02. The highest BCUT2D eigenvalue weighted by atomic mass is 16.2. The van der Waals surface area contributed by atoms with E-state index in [2.05, 4.69) is 17.2 Å². The monoisotopic (exact) mass is 231 g/mol. The predicted octanol–water partition coefficient (Wildman–Crippen LogP) is 1.76. The highest BCUT2D eigenvalue weighted by Crippen LogP contribution is 2.36. The van der Waals surface area contributed by atoms with Gasteiger partial charge in [-0.2, -0.15) is 0 Å². The second-order valence-electron chi connectivity index (χ2n) is 5.16. The number of pyridine rings is 1. The van der Waals surface area contributed by atoms with Crippen LogP contribution in [0.3, 0.4) is 0 Å². The van der Waals surface area contributed by atoms with E-state index in [1.54, 1.807) is 6.20 Å². The van der Waals surface area contributed by atoms with Crippen LogP contribution in [0.15, 0.2) is 18.5 Å². The van der Waals surface area contributed by atoms with E-state index in [0.717, 1.165) is 12.5 Å². The number of amides is 2. The molecule has 0 aromatic carbocycles. The second-order valence-corrected chi connectivity index (χ2v) is 5.16. The number of hydrogen-bond donors (Lipinski definition) is 1. The standard InChI is InChI=1S/C13H17N3O/c1-9-4-11(9)6-15-13(17)16-7-10-2-3-14-5-12(10)8-16/h2-3,5,9,11H,4,6-8H2,1H3,(H,15,17)/t9?,11-/m1/s1. The number of urea groups is 1. The highest BCUT2D eigenvalue weighted by molar-refractivity contribution is 5.75. The lowest BCUT2D eigenvalue weighted by molar-refractivity contribution is 0.198. The maximum Gasteiger partial charge on any atom is 0.318 e. The van der Waals surface area contributed by atoms with E-state index in [1.165, 1.54) is 17.5 Å². The number of rotatable bonds is 2. The molecule has 1 fully saturated rings. The van der Waals surface area contributed by atoms with E-state index in [0.29, 0.717) is 19.0 Å². The van der Waals surface area contributed by atoms with Gasteiger partial charge in [0.1, 0.15) is 0 Å². The Labute approximate surface area is 101 Å². The van der Waals surface area contributed by atoms with Crippen molar-refractivity contribution in [1.29, 1.82) is 0 Å². The number of hydrogen-bond acceptors (Lipinski definition) is 2.